The maximum atomic E-state index is 6.15. The minimum absolute atomic E-state index is 0.410. The maximum absolute atomic E-state index is 6.15. The van der Waals surface area contributed by atoms with Crippen LogP contribution in [0.25, 0.3) is 11.3 Å². The van der Waals surface area contributed by atoms with E-state index in [1.165, 1.54) is 0 Å². The van der Waals surface area contributed by atoms with Crippen LogP contribution in [0.15, 0.2) is 53.1 Å². The van der Waals surface area contributed by atoms with Crippen LogP contribution in [0.2, 0.25) is 10.0 Å². The molecular formula is C17H14Cl2N2O2. The number of nitrogens with one attached hydrogen (secondary N) is 1. The molecule has 2 aromatic carbocycles. The van der Waals surface area contributed by atoms with E-state index >= 15 is 0 Å². The second-order valence-electron chi connectivity index (χ2n) is 4.83. The van der Waals surface area contributed by atoms with E-state index in [-0.39, 0.29) is 0 Å². The molecule has 0 radical (unpaired) electrons. The van der Waals surface area contributed by atoms with Crippen molar-refractivity contribution in [1.29, 1.82) is 0 Å². The number of anilines is 1. The van der Waals surface area contributed by atoms with Crippen LogP contribution >= 0.6 is 23.2 Å². The van der Waals surface area contributed by atoms with E-state index in [4.69, 9.17) is 32.4 Å². The van der Waals surface area contributed by atoms with Crippen molar-refractivity contribution in [3.8, 4) is 17.1 Å². The lowest BCUT2D eigenvalue weighted by molar-refractivity contribution is 0.415. The van der Waals surface area contributed by atoms with Crippen LogP contribution in [0.4, 0.5) is 5.69 Å². The predicted octanol–water partition coefficient (Wildman–Crippen LogP) is 5.27. The van der Waals surface area contributed by atoms with Gasteiger partial charge in [-0.15, -0.1) is 0 Å². The van der Waals surface area contributed by atoms with Gasteiger partial charge in [-0.1, -0.05) is 35.3 Å². The summed E-state index contributed by atoms with van der Waals surface area (Å²) in [5.74, 6) is 1.95. The van der Waals surface area contributed by atoms with Crippen LogP contribution in [-0.2, 0) is 6.54 Å². The Labute approximate surface area is 144 Å². The molecule has 3 rings (SSSR count). The second-order valence-corrected chi connectivity index (χ2v) is 5.67. The molecule has 4 nitrogen and oxygen atoms in total. The molecule has 3 aromatic rings. The fourth-order valence-corrected chi connectivity index (χ4v) is 2.48. The molecular weight excluding hydrogens is 335 g/mol. The van der Waals surface area contributed by atoms with Crippen LogP contribution < -0.4 is 10.1 Å². The van der Waals surface area contributed by atoms with Gasteiger partial charge in [0.15, 0.2) is 5.76 Å². The average molecular weight is 349 g/mol. The zero-order valence-electron chi connectivity index (χ0n) is 12.3. The summed E-state index contributed by atoms with van der Waals surface area (Å²) in [5, 5.41) is 4.44. The molecule has 0 spiro atoms. The molecule has 0 aliphatic heterocycles. The number of hydrogen-bond acceptors (Lipinski definition) is 4. The van der Waals surface area contributed by atoms with Gasteiger partial charge in [-0.05, 0) is 24.3 Å². The fourth-order valence-electron chi connectivity index (χ4n) is 2.10. The quantitative estimate of drug-likeness (QED) is 0.682. The summed E-state index contributed by atoms with van der Waals surface area (Å²) in [5.41, 5.74) is 1.64. The first kappa shape index (κ1) is 15.7. The molecule has 0 aliphatic rings. The molecule has 118 valence electrons. The Morgan fingerprint density at radius 3 is 2.83 bits per heavy atom. The van der Waals surface area contributed by atoms with Gasteiger partial charge >= 0.3 is 0 Å². The number of methoxy groups -OCH3 is 1. The van der Waals surface area contributed by atoms with Crippen LogP contribution in [0.5, 0.6) is 5.75 Å². The van der Waals surface area contributed by atoms with Gasteiger partial charge in [-0.2, -0.15) is 0 Å². The fraction of sp³-hybridized carbons (Fsp3) is 0.118. The maximum Gasteiger partial charge on any atom is 0.214 e. The molecule has 0 bridgehead atoms. The third-order valence-electron chi connectivity index (χ3n) is 3.27. The third-order valence-corrected chi connectivity index (χ3v) is 3.83. The summed E-state index contributed by atoms with van der Waals surface area (Å²) in [4.78, 5) is 4.26. The first-order valence-electron chi connectivity index (χ1n) is 6.94. The molecule has 0 saturated carbocycles. The molecule has 1 N–H and O–H groups in total. The third kappa shape index (κ3) is 3.78. The van der Waals surface area contributed by atoms with Gasteiger partial charge in [-0.3, -0.25) is 0 Å². The van der Waals surface area contributed by atoms with Crippen molar-refractivity contribution in [2.45, 2.75) is 6.54 Å². The van der Waals surface area contributed by atoms with Crippen molar-refractivity contribution >= 4 is 28.9 Å². The molecule has 0 amide bonds. The molecule has 23 heavy (non-hydrogen) atoms. The van der Waals surface area contributed by atoms with E-state index in [0.29, 0.717) is 28.2 Å². The standard InChI is InChI=1S/C17H14Cl2N2O2/c1-22-13-5-6-14(19)15(8-13)20-10-17-21-9-16(23-17)11-3-2-4-12(18)7-11/h2-9,20H,10H2,1H3. The summed E-state index contributed by atoms with van der Waals surface area (Å²) in [6, 6.07) is 12.8. The number of nitrogens with zero attached hydrogens (tertiary/aromatic N) is 1. The second kappa shape index (κ2) is 6.94. The Kier molecular flexibility index (Phi) is 4.74. The van der Waals surface area contributed by atoms with Gasteiger partial charge in [0.05, 0.1) is 30.6 Å². The van der Waals surface area contributed by atoms with Crippen LogP contribution in [0.1, 0.15) is 5.89 Å². The molecule has 0 fully saturated rings. The van der Waals surface area contributed by atoms with E-state index in [1.54, 1.807) is 25.4 Å². The number of aromatic nitrogens is 1. The first-order valence-corrected chi connectivity index (χ1v) is 7.69. The smallest absolute Gasteiger partial charge is 0.214 e. The summed E-state index contributed by atoms with van der Waals surface area (Å²) in [6.45, 7) is 0.410. The minimum atomic E-state index is 0.410. The molecule has 0 unspecified atom stereocenters. The normalized spacial score (nSPS) is 10.6. The van der Waals surface area contributed by atoms with E-state index in [0.717, 1.165) is 17.0 Å². The molecule has 1 heterocycles. The Hall–Kier alpha value is -2.17. The van der Waals surface area contributed by atoms with Crippen LogP contribution in [-0.4, -0.2) is 12.1 Å². The van der Waals surface area contributed by atoms with Gasteiger partial charge in [0.1, 0.15) is 5.75 Å². The van der Waals surface area contributed by atoms with E-state index in [9.17, 15) is 0 Å². The monoisotopic (exact) mass is 348 g/mol. The van der Waals surface area contributed by atoms with E-state index < -0.39 is 0 Å². The zero-order valence-corrected chi connectivity index (χ0v) is 13.9. The highest BCUT2D eigenvalue weighted by Gasteiger charge is 2.08. The predicted molar refractivity (Wildman–Crippen MR) is 92.3 cm³/mol. The first-order chi connectivity index (χ1) is 11.2. The lowest BCUT2D eigenvalue weighted by Gasteiger charge is -2.08. The van der Waals surface area contributed by atoms with Crippen LogP contribution in [0, 0.1) is 0 Å². The van der Waals surface area contributed by atoms with Gasteiger partial charge < -0.3 is 14.5 Å². The lowest BCUT2D eigenvalue weighted by Crippen LogP contribution is -2.00. The van der Waals surface area contributed by atoms with Crippen molar-refractivity contribution in [3.63, 3.8) is 0 Å². The summed E-state index contributed by atoms with van der Waals surface area (Å²) in [7, 11) is 1.61. The number of halogens is 2. The molecule has 0 atom stereocenters. The van der Waals surface area contributed by atoms with E-state index in [1.807, 2.05) is 30.3 Å². The van der Waals surface area contributed by atoms with Gasteiger partial charge in [0, 0.05) is 16.7 Å². The SMILES string of the molecule is COc1ccc(Cl)c(NCc2ncc(-c3cccc(Cl)c3)o2)c1. The summed E-state index contributed by atoms with van der Waals surface area (Å²) < 4.78 is 10.9. The molecule has 6 heteroatoms. The zero-order chi connectivity index (χ0) is 16.2. The van der Waals surface area contributed by atoms with Gasteiger partial charge in [-0.25, -0.2) is 4.98 Å². The Bertz CT molecular complexity index is 818. The highest BCUT2D eigenvalue weighted by molar-refractivity contribution is 6.33. The summed E-state index contributed by atoms with van der Waals surface area (Å²) >= 11 is 12.1. The number of oxazole rings is 1. The van der Waals surface area contributed by atoms with E-state index in [2.05, 4.69) is 10.3 Å². The lowest BCUT2D eigenvalue weighted by atomic mass is 10.2. The van der Waals surface area contributed by atoms with Crippen molar-refractivity contribution in [2.24, 2.45) is 0 Å². The Morgan fingerprint density at radius 2 is 2.04 bits per heavy atom. The van der Waals surface area contributed by atoms with Crippen molar-refractivity contribution in [3.05, 3.63) is 64.6 Å². The number of hydrogen-bond donors (Lipinski definition) is 1. The van der Waals surface area contributed by atoms with Gasteiger partial charge in [0.25, 0.3) is 0 Å². The topological polar surface area (TPSA) is 47.3 Å². The Morgan fingerprint density at radius 1 is 1.17 bits per heavy atom. The number of benzene rings is 2. The van der Waals surface area contributed by atoms with Crippen molar-refractivity contribution in [2.75, 3.05) is 12.4 Å². The molecule has 0 aliphatic carbocycles. The molecule has 0 saturated heterocycles. The Balaban J connectivity index is 1.73. The number of rotatable bonds is 5. The van der Waals surface area contributed by atoms with Crippen molar-refractivity contribution < 1.29 is 9.15 Å². The average Bonchev–Trinajstić information content (AvgIpc) is 3.03. The largest absolute Gasteiger partial charge is 0.497 e. The number of ether oxygens (including phenoxy) is 1. The van der Waals surface area contributed by atoms with Crippen LogP contribution in [0.3, 0.4) is 0 Å². The van der Waals surface area contributed by atoms with Gasteiger partial charge in [0.2, 0.25) is 5.89 Å². The molecule has 1 aromatic heterocycles. The summed E-state index contributed by atoms with van der Waals surface area (Å²) in [6.07, 6.45) is 1.68. The highest BCUT2D eigenvalue weighted by Crippen LogP contribution is 2.28. The highest BCUT2D eigenvalue weighted by atomic mass is 35.5. The van der Waals surface area contributed by atoms with Crippen molar-refractivity contribution in [1.82, 2.24) is 4.98 Å². The minimum Gasteiger partial charge on any atom is -0.497 e.